The van der Waals surface area contributed by atoms with Gasteiger partial charge in [0.05, 0.1) is 12.2 Å². The second kappa shape index (κ2) is 10.2. The fourth-order valence-corrected chi connectivity index (χ4v) is 2.68. The lowest BCUT2D eigenvalue weighted by Crippen LogP contribution is -2.16. The van der Waals surface area contributed by atoms with Crippen LogP contribution in [0.3, 0.4) is 0 Å². The van der Waals surface area contributed by atoms with E-state index in [1.807, 2.05) is 31.2 Å². The minimum atomic E-state index is -0.950. The molecule has 1 unspecified atom stereocenters. The van der Waals surface area contributed by atoms with Gasteiger partial charge in [-0.2, -0.15) is 0 Å². The lowest BCUT2D eigenvalue weighted by molar-refractivity contribution is -0.143. The SMILES string of the molecule is C=CC(=O)OC(CC)CCCOc1ccccc1-c1ccc(C(=O)O)cc1. The van der Waals surface area contributed by atoms with Crippen LogP contribution >= 0.6 is 0 Å². The van der Waals surface area contributed by atoms with E-state index in [-0.39, 0.29) is 11.7 Å². The van der Waals surface area contributed by atoms with Gasteiger partial charge in [-0.3, -0.25) is 0 Å². The monoisotopic (exact) mass is 368 g/mol. The fraction of sp³-hybridized carbons (Fsp3) is 0.273. The van der Waals surface area contributed by atoms with Crippen molar-refractivity contribution < 1.29 is 24.2 Å². The Kier molecular flexibility index (Phi) is 7.62. The zero-order valence-electron chi connectivity index (χ0n) is 15.4. The van der Waals surface area contributed by atoms with Crippen LogP contribution in [0.5, 0.6) is 5.75 Å². The normalized spacial score (nSPS) is 11.4. The van der Waals surface area contributed by atoms with Crippen LogP contribution < -0.4 is 4.74 Å². The van der Waals surface area contributed by atoms with Crippen LogP contribution in [-0.4, -0.2) is 29.8 Å². The number of carboxylic acids is 1. The Morgan fingerprint density at radius 1 is 1.15 bits per heavy atom. The topological polar surface area (TPSA) is 72.8 Å². The molecule has 5 heteroatoms. The number of benzene rings is 2. The second-order valence-corrected chi connectivity index (χ2v) is 6.04. The molecule has 0 aliphatic heterocycles. The van der Waals surface area contributed by atoms with Crippen LogP contribution in [0, 0.1) is 0 Å². The number of para-hydroxylation sites is 1. The molecule has 2 aromatic carbocycles. The molecule has 0 saturated carbocycles. The highest BCUT2D eigenvalue weighted by Crippen LogP contribution is 2.30. The predicted octanol–water partition coefficient (Wildman–Crippen LogP) is 4.72. The summed E-state index contributed by atoms with van der Waals surface area (Å²) in [7, 11) is 0. The van der Waals surface area contributed by atoms with Crippen LogP contribution in [-0.2, 0) is 9.53 Å². The Morgan fingerprint density at radius 3 is 2.48 bits per heavy atom. The van der Waals surface area contributed by atoms with E-state index in [4.69, 9.17) is 14.6 Å². The van der Waals surface area contributed by atoms with Crippen LogP contribution in [0.4, 0.5) is 0 Å². The Bertz CT molecular complexity index is 780. The number of hydrogen-bond donors (Lipinski definition) is 1. The van der Waals surface area contributed by atoms with Gasteiger partial charge in [0.25, 0.3) is 0 Å². The minimum Gasteiger partial charge on any atom is -0.493 e. The van der Waals surface area contributed by atoms with Gasteiger partial charge in [-0.15, -0.1) is 0 Å². The van der Waals surface area contributed by atoms with Gasteiger partial charge in [-0.05, 0) is 43.0 Å². The summed E-state index contributed by atoms with van der Waals surface area (Å²) >= 11 is 0. The van der Waals surface area contributed by atoms with Crippen molar-refractivity contribution in [2.75, 3.05) is 6.61 Å². The van der Waals surface area contributed by atoms with Crippen molar-refractivity contribution in [2.24, 2.45) is 0 Å². The molecule has 2 rings (SSSR count). The molecule has 0 aliphatic carbocycles. The largest absolute Gasteiger partial charge is 0.493 e. The van der Waals surface area contributed by atoms with E-state index in [9.17, 15) is 9.59 Å². The predicted molar refractivity (Wildman–Crippen MR) is 104 cm³/mol. The van der Waals surface area contributed by atoms with Crippen molar-refractivity contribution >= 4 is 11.9 Å². The lowest BCUT2D eigenvalue weighted by Gasteiger charge is -2.16. The zero-order valence-corrected chi connectivity index (χ0v) is 15.4. The van der Waals surface area contributed by atoms with Crippen molar-refractivity contribution in [3.05, 3.63) is 66.7 Å². The van der Waals surface area contributed by atoms with E-state index in [0.29, 0.717) is 13.0 Å². The van der Waals surface area contributed by atoms with Crippen molar-refractivity contribution in [3.63, 3.8) is 0 Å². The molecule has 0 saturated heterocycles. The van der Waals surface area contributed by atoms with Crippen molar-refractivity contribution in [3.8, 4) is 16.9 Å². The van der Waals surface area contributed by atoms with Gasteiger partial charge < -0.3 is 14.6 Å². The summed E-state index contributed by atoms with van der Waals surface area (Å²) in [5, 5.41) is 9.02. The molecule has 0 amide bonds. The zero-order chi connectivity index (χ0) is 19.6. The molecule has 0 spiro atoms. The maximum atomic E-state index is 11.3. The van der Waals surface area contributed by atoms with Crippen molar-refractivity contribution in [1.82, 2.24) is 0 Å². The quantitative estimate of drug-likeness (QED) is 0.373. The van der Waals surface area contributed by atoms with Gasteiger partial charge in [0, 0.05) is 11.6 Å². The van der Waals surface area contributed by atoms with Crippen LogP contribution in [0.15, 0.2) is 61.2 Å². The van der Waals surface area contributed by atoms with Crippen molar-refractivity contribution in [2.45, 2.75) is 32.3 Å². The first-order valence-electron chi connectivity index (χ1n) is 8.93. The molecule has 0 fully saturated rings. The number of ether oxygens (including phenoxy) is 2. The molecule has 5 nitrogen and oxygen atoms in total. The molecule has 0 radical (unpaired) electrons. The molecule has 0 bridgehead atoms. The summed E-state index contributed by atoms with van der Waals surface area (Å²) in [6.45, 7) is 5.87. The summed E-state index contributed by atoms with van der Waals surface area (Å²) in [5.74, 6) is -0.622. The van der Waals surface area contributed by atoms with Gasteiger partial charge in [0.2, 0.25) is 0 Å². The lowest BCUT2D eigenvalue weighted by atomic mass is 10.0. The van der Waals surface area contributed by atoms with E-state index in [1.165, 1.54) is 6.08 Å². The van der Waals surface area contributed by atoms with Crippen LogP contribution in [0.2, 0.25) is 0 Å². The van der Waals surface area contributed by atoms with E-state index in [1.54, 1.807) is 24.3 Å². The summed E-state index contributed by atoms with van der Waals surface area (Å²) in [5.41, 5.74) is 2.04. The van der Waals surface area contributed by atoms with E-state index in [2.05, 4.69) is 6.58 Å². The molecule has 142 valence electrons. The Hall–Kier alpha value is -3.08. The standard InChI is InChI=1S/C22H24O5/c1-3-18(27-21(23)4-2)8-7-15-26-20-10-6-5-9-19(20)16-11-13-17(14-12-16)22(24)25/h4-6,9-14,18H,2-3,7-8,15H2,1H3,(H,24,25). The van der Waals surface area contributed by atoms with Crippen molar-refractivity contribution in [1.29, 1.82) is 0 Å². The first-order chi connectivity index (χ1) is 13.0. The molecule has 0 heterocycles. The number of carbonyl (C=O) groups excluding carboxylic acids is 1. The van der Waals surface area contributed by atoms with Gasteiger partial charge in [-0.25, -0.2) is 9.59 Å². The minimum absolute atomic E-state index is 0.141. The number of rotatable bonds is 10. The van der Waals surface area contributed by atoms with E-state index < -0.39 is 11.9 Å². The fourth-order valence-electron chi connectivity index (χ4n) is 2.68. The Morgan fingerprint density at radius 2 is 1.85 bits per heavy atom. The molecule has 1 atom stereocenters. The molecular weight excluding hydrogens is 344 g/mol. The molecule has 27 heavy (non-hydrogen) atoms. The third kappa shape index (κ3) is 5.99. The number of hydrogen-bond acceptors (Lipinski definition) is 4. The maximum absolute atomic E-state index is 11.3. The molecule has 0 aromatic heterocycles. The van der Waals surface area contributed by atoms with E-state index in [0.717, 1.165) is 29.7 Å². The Labute approximate surface area is 159 Å². The average molecular weight is 368 g/mol. The molecule has 0 aliphatic rings. The summed E-state index contributed by atoms with van der Waals surface area (Å²) in [6.07, 6.45) is 3.23. The number of esters is 1. The third-order valence-electron chi connectivity index (χ3n) is 4.16. The summed E-state index contributed by atoms with van der Waals surface area (Å²) in [4.78, 5) is 22.3. The Balaban J connectivity index is 1.96. The van der Waals surface area contributed by atoms with Gasteiger partial charge in [-0.1, -0.05) is 43.8 Å². The van der Waals surface area contributed by atoms with E-state index >= 15 is 0 Å². The molecule has 1 N–H and O–H groups in total. The summed E-state index contributed by atoms with van der Waals surface area (Å²) < 4.78 is 11.2. The van der Waals surface area contributed by atoms with Gasteiger partial charge in [0.1, 0.15) is 11.9 Å². The number of carboxylic acid groups (broad SMARTS) is 1. The first-order valence-corrected chi connectivity index (χ1v) is 8.93. The van der Waals surface area contributed by atoms with Crippen LogP contribution in [0.1, 0.15) is 36.5 Å². The highest BCUT2D eigenvalue weighted by molar-refractivity contribution is 5.88. The average Bonchev–Trinajstić information content (AvgIpc) is 2.70. The third-order valence-corrected chi connectivity index (χ3v) is 4.16. The highest BCUT2D eigenvalue weighted by Gasteiger charge is 2.11. The van der Waals surface area contributed by atoms with Gasteiger partial charge >= 0.3 is 11.9 Å². The summed E-state index contributed by atoms with van der Waals surface area (Å²) in [6, 6.07) is 14.3. The maximum Gasteiger partial charge on any atom is 0.335 e. The van der Waals surface area contributed by atoms with Gasteiger partial charge in [0.15, 0.2) is 0 Å². The first kappa shape index (κ1) is 20.2. The number of carbonyl (C=O) groups is 2. The second-order valence-electron chi connectivity index (χ2n) is 6.04. The van der Waals surface area contributed by atoms with Crippen LogP contribution in [0.25, 0.3) is 11.1 Å². The highest BCUT2D eigenvalue weighted by atomic mass is 16.5. The number of aromatic carboxylic acids is 1. The molecule has 2 aromatic rings. The molecular formula is C22H24O5. The smallest absolute Gasteiger partial charge is 0.335 e.